The second-order valence-corrected chi connectivity index (χ2v) is 4.83. The Hall–Kier alpha value is -2.43. The number of halogens is 1. The maximum atomic E-state index is 13.9. The summed E-state index contributed by atoms with van der Waals surface area (Å²) in [4.78, 5) is 6.42. The standard InChI is InChI=1S/C16H19FN4/c1-3-21(10-12-7-4-6-11(2)20-12)14-9-5-8-13(17)15(14)16(18)19/h4-9H,3,10H2,1-2H3,(H3,18,19). The summed E-state index contributed by atoms with van der Waals surface area (Å²) in [6.45, 7) is 5.12. The van der Waals surface area contributed by atoms with E-state index in [1.807, 2.05) is 36.9 Å². The van der Waals surface area contributed by atoms with E-state index in [0.29, 0.717) is 18.8 Å². The Kier molecular flexibility index (Phi) is 4.52. The molecule has 0 amide bonds. The molecule has 0 saturated carbocycles. The second kappa shape index (κ2) is 6.35. The number of nitrogen functional groups attached to an aromatic ring is 1. The Labute approximate surface area is 123 Å². The van der Waals surface area contributed by atoms with Gasteiger partial charge in [-0.3, -0.25) is 10.4 Å². The molecule has 0 aliphatic heterocycles. The molecular formula is C16H19FN4. The van der Waals surface area contributed by atoms with Crippen LogP contribution < -0.4 is 10.6 Å². The van der Waals surface area contributed by atoms with Gasteiger partial charge in [0.2, 0.25) is 0 Å². The molecule has 0 radical (unpaired) electrons. The van der Waals surface area contributed by atoms with Gasteiger partial charge in [-0.25, -0.2) is 4.39 Å². The SMILES string of the molecule is CCN(Cc1cccc(C)n1)c1cccc(F)c1C(=N)N. The number of aryl methyl sites for hydroxylation is 1. The van der Waals surface area contributed by atoms with E-state index < -0.39 is 5.82 Å². The van der Waals surface area contributed by atoms with Crippen LogP contribution >= 0.6 is 0 Å². The lowest BCUT2D eigenvalue weighted by molar-refractivity contribution is 0.623. The minimum Gasteiger partial charge on any atom is -0.384 e. The van der Waals surface area contributed by atoms with Gasteiger partial charge < -0.3 is 10.6 Å². The molecule has 0 aliphatic rings. The number of amidine groups is 1. The van der Waals surface area contributed by atoms with Crippen molar-refractivity contribution in [3.8, 4) is 0 Å². The normalized spacial score (nSPS) is 10.4. The number of pyridine rings is 1. The number of aromatic nitrogens is 1. The molecule has 0 fully saturated rings. The predicted molar refractivity (Wildman–Crippen MR) is 83.1 cm³/mol. The van der Waals surface area contributed by atoms with Gasteiger partial charge in [-0.2, -0.15) is 0 Å². The molecule has 2 aromatic rings. The topological polar surface area (TPSA) is 66.0 Å². The summed E-state index contributed by atoms with van der Waals surface area (Å²) in [5.41, 5.74) is 8.13. The smallest absolute Gasteiger partial charge is 0.136 e. The van der Waals surface area contributed by atoms with Crippen LogP contribution in [0.1, 0.15) is 23.9 Å². The zero-order valence-corrected chi connectivity index (χ0v) is 12.2. The van der Waals surface area contributed by atoms with E-state index in [-0.39, 0.29) is 11.4 Å². The summed E-state index contributed by atoms with van der Waals surface area (Å²) in [5.74, 6) is -0.741. The lowest BCUT2D eigenvalue weighted by Gasteiger charge is -2.25. The molecule has 110 valence electrons. The summed E-state index contributed by atoms with van der Waals surface area (Å²) in [6, 6.07) is 10.5. The highest BCUT2D eigenvalue weighted by molar-refractivity contribution is 6.00. The van der Waals surface area contributed by atoms with Gasteiger partial charge in [0.05, 0.1) is 23.5 Å². The Morgan fingerprint density at radius 1 is 1.29 bits per heavy atom. The summed E-state index contributed by atoms with van der Waals surface area (Å²) < 4.78 is 13.9. The van der Waals surface area contributed by atoms with Gasteiger partial charge in [0, 0.05) is 12.2 Å². The van der Waals surface area contributed by atoms with Gasteiger partial charge in [0.25, 0.3) is 0 Å². The fraction of sp³-hybridized carbons (Fsp3) is 0.250. The summed E-state index contributed by atoms with van der Waals surface area (Å²) in [6.07, 6.45) is 0. The lowest BCUT2D eigenvalue weighted by Crippen LogP contribution is -2.27. The molecule has 2 rings (SSSR count). The second-order valence-electron chi connectivity index (χ2n) is 4.83. The van der Waals surface area contributed by atoms with Crippen molar-refractivity contribution in [3.05, 3.63) is 59.2 Å². The van der Waals surface area contributed by atoms with Crippen molar-refractivity contribution in [2.45, 2.75) is 20.4 Å². The fourth-order valence-corrected chi connectivity index (χ4v) is 2.29. The van der Waals surface area contributed by atoms with Crippen LogP contribution in [0, 0.1) is 18.2 Å². The van der Waals surface area contributed by atoms with E-state index in [1.54, 1.807) is 12.1 Å². The summed E-state index contributed by atoms with van der Waals surface area (Å²) in [7, 11) is 0. The van der Waals surface area contributed by atoms with E-state index in [4.69, 9.17) is 11.1 Å². The Balaban J connectivity index is 2.38. The first-order chi connectivity index (χ1) is 10.0. The minimum absolute atomic E-state index is 0.145. The van der Waals surface area contributed by atoms with E-state index in [9.17, 15) is 4.39 Å². The number of anilines is 1. The number of nitrogens with one attached hydrogen (secondary N) is 1. The van der Waals surface area contributed by atoms with E-state index in [2.05, 4.69) is 4.98 Å². The minimum atomic E-state index is -0.476. The molecule has 21 heavy (non-hydrogen) atoms. The molecule has 1 heterocycles. The van der Waals surface area contributed by atoms with Crippen LogP contribution in [-0.4, -0.2) is 17.4 Å². The van der Waals surface area contributed by atoms with Gasteiger partial charge in [-0.1, -0.05) is 12.1 Å². The molecule has 0 bridgehead atoms. The first-order valence-corrected chi connectivity index (χ1v) is 6.83. The third kappa shape index (κ3) is 3.37. The molecule has 4 nitrogen and oxygen atoms in total. The number of benzene rings is 1. The zero-order chi connectivity index (χ0) is 15.4. The Morgan fingerprint density at radius 2 is 2.00 bits per heavy atom. The Morgan fingerprint density at radius 3 is 2.62 bits per heavy atom. The highest BCUT2D eigenvalue weighted by atomic mass is 19.1. The van der Waals surface area contributed by atoms with Gasteiger partial charge in [0.1, 0.15) is 11.7 Å². The van der Waals surface area contributed by atoms with Crippen LogP contribution in [0.3, 0.4) is 0 Å². The van der Waals surface area contributed by atoms with Crippen molar-refractivity contribution in [2.75, 3.05) is 11.4 Å². The quantitative estimate of drug-likeness (QED) is 0.656. The van der Waals surface area contributed by atoms with Crippen molar-refractivity contribution >= 4 is 11.5 Å². The molecule has 3 N–H and O–H groups in total. The van der Waals surface area contributed by atoms with Crippen LogP contribution in [0.2, 0.25) is 0 Å². The molecule has 0 saturated heterocycles. The molecule has 1 aromatic carbocycles. The van der Waals surface area contributed by atoms with E-state index in [0.717, 1.165) is 11.4 Å². The van der Waals surface area contributed by atoms with Crippen LogP contribution in [0.5, 0.6) is 0 Å². The van der Waals surface area contributed by atoms with Gasteiger partial charge in [-0.05, 0) is 38.1 Å². The van der Waals surface area contributed by atoms with Crippen molar-refractivity contribution in [1.29, 1.82) is 5.41 Å². The molecule has 0 aliphatic carbocycles. The highest BCUT2D eigenvalue weighted by Crippen LogP contribution is 2.24. The third-order valence-corrected chi connectivity index (χ3v) is 3.28. The van der Waals surface area contributed by atoms with E-state index in [1.165, 1.54) is 6.07 Å². The van der Waals surface area contributed by atoms with Crippen LogP contribution in [0.4, 0.5) is 10.1 Å². The molecule has 0 atom stereocenters. The van der Waals surface area contributed by atoms with Crippen LogP contribution in [0.25, 0.3) is 0 Å². The van der Waals surface area contributed by atoms with Crippen LogP contribution in [-0.2, 0) is 6.54 Å². The molecule has 1 aromatic heterocycles. The highest BCUT2D eigenvalue weighted by Gasteiger charge is 2.16. The lowest BCUT2D eigenvalue weighted by atomic mass is 10.1. The summed E-state index contributed by atoms with van der Waals surface area (Å²) >= 11 is 0. The average molecular weight is 286 g/mol. The number of hydrogen-bond acceptors (Lipinski definition) is 3. The Bertz CT molecular complexity index is 654. The van der Waals surface area contributed by atoms with E-state index >= 15 is 0 Å². The number of hydrogen-bond donors (Lipinski definition) is 2. The largest absolute Gasteiger partial charge is 0.384 e. The predicted octanol–water partition coefficient (Wildman–Crippen LogP) is 2.84. The molecular weight excluding hydrogens is 267 g/mol. The average Bonchev–Trinajstić information content (AvgIpc) is 2.44. The van der Waals surface area contributed by atoms with Crippen molar-refractivity contribution in [2.24, 2.45) is 5.73 Å². The maximum Gasteiger partial charge on any atom is 0.136 e. The zero-order valence-electron chi connectivity index (χ0n) is 12.2. The number of nitrogens with two attached hydrogens (primary N) is 1. The molecule has 0 unspecified atom stereocenters. The van der Waals surface area contributed by atoms with Gasteiger partial charge in [0.15, 0.2) is 0 Å². The molecule has 0 spiro atoms. The maximum absolute atomic E-state index is 13.9. The van der Waals surface area contributed by atoms with Crippen molar-refractivity contribution in [3.63, 3.8) is 0 Å². The van der Waals surface area contributed by atoms with Crippen LogP contribution in [0.15, 0.2) is 36.4 Å². The van der Waals surface area contributed by atoms with Crippen molar-refractivity contribution < 1.29 is 4.39 Å². The molecule has 5 heteroatoms. The number of nitrogens with zero attached hydrogens (tertiary/aromatic N) is 2. The first-order valence-electron chi connectivity index (χ1n) is 6.83. The monoisotopic (exact) mass is 286 g/mol. The van der Waals surface area contributed by atoms with Crippen molar-refractivity contribution in [1.82, 2.24) is 4.98 Å². The van der Waals surface area contributed by atoms with Gasteiger partial charge >= 0.3 is 0 Å². The first kappa shape index (κ1) is 15.0. The van der Waals surface area contributed by atoms with Gasteiger partial charge in [-0.15, -0.1) is 0 Å². The third-order valence-electron chi connectivity index (χ3n) is 3.28. The number of rotatable bonds is 5. The fourth-order valence-electron chi connectivity index (χ4n) is 2.29. The summed E-state index contributed by atoms with van der Waals surface area (Å²) in [5, 5.41) is 7.59.